The molecule has 21 heavy (non-hydrogen) atoms. The highest BCUT2D eigenvalue weighted by atomic mass is 19.4. The Morgan fingerprint density at radius 2 is 0.952 bits per heavy atom. The summed E-state index contributed by atoms with van der Waals surface area (Å²) >= 11 is 0. The van der Waals surface area contributed by atoms with E-state index in [1.165, 1.54) is 0 Å². The maximum Gasteiger partial charge on any atom is 0.506 e. The van der Waals surface area contributed by atoms with Gasteiger partial charge in [0.05, 0.1) is 0 Å². The molecule has 0 aliphatic carbocycles. The molecule has 122 valence electrons. The van der Waals surface area contributed by atoms with Gasteiger partial charge in [-0.05, 0) is 0 Å². The van der Waals surface area contributed by atoms with Crippen LogP contribution in [0.4, 0.5) is 43.9 Å². The summed E-state index contributed by atoms with van der Waals surface area (Å²) in [6.45, 7) is 0. The highest BCUT2D eigenvalue weighted by Crippen LogP contribution is 2.42. The molecule has 1 fully saturated rings. The topological polar surface area (TPSA) is 49.9 Å². The van der Waals surface area contributed by atoms with Crippen LogP contribution >= 0.6 is 0 Å². The van der Waals surface area contributed by atoms with Crippen molar-refractivity contribution in [3.05, 3.63) is 0 Å². The van der Waals surface area contributed by atoms with E-state index in [0.717, 1.165) is 0 Å². The van der Waals surface area contributed by atoms with E-state index in [-0.39, 0.29) is 0 Å². The molecule has 1 aliphatic heterocycles. The van der Waals surface area contributed by atoms with Gasteiger partial charge in [0.2, 0.25) is 0 Å². The molecule has 1 heterocycles. The van der Waals surface area contributed by atoms with E-state index >= 15 is 0 Å². The molecule has 0 unspecified atom stereocenters. The molecule has 0 radical (unpaired) electrons. The summed E-state index contributed by atoms with van der Waals surface area (Å²) in [5, 5.41) is -5.59. The van der Waals surface area contributed by atoms with Gasteiger partial charge >= 0.3 is 36.6 Å². The Hall–Kier alpha value is -1.80. The van der Waals surface area contributed by atoms with Crippen molar-refractivity contribution in [2.24, 2.45) is 0 Å². The van der Waals surface area contributed by atoms with Crippen molar-refractivity contribution >= 4 is 11.8 Å². The van der Waals surface area contributed by atoms with Crippen LogP contribution in [0.25, 0.3) is 0 Å². The zero-order valence-corrected chi connectivity index (χ0v) is 8.90. The van der Waals surface area contributed by atoms with Crippen molar-refractivity contribution in [2.45, 2.75) is 24.8 Å². The fourth-order valence-electron chi connectivity index (χ4n) is 1.13. The lowest BCUT2D eigenvalue weighted by Gasteiger charge is -2.34. The first-order valence-electron chi connectivity index (χ1n) is 4.30. The van der Waals surface area contributed by atoms with Crippen molar-refractivity contribution in [2.75, 3.05) is 0 Å². The summed E-state index contributed by atoms with van der Waals surface area (Å²) < 4.78 is 127. The molecule has 0 aromatic heterocycles. The summed E-state index contributed by atoms with van der Waals surface area (Å²) in [5.74, 6) is -7.73. The molecule has 0 N–H and O–H groups in total. The SMILES string of the molecule is O=C1N(C(F)(F)F)N(C(F)(F)F)C(=O)C(F)(F)OC1(F)F. The van der Waals surface area contributed by atoms with E-state index < -0.39 is 46.6 Å². The summed E-state index contributed by atoms with van der Waals surface area (Å²) in [7, 11) is 0. The first-order chi connectivity index (χ1) is 9.02. The predicted molar refractivity (Wildman–Crippen MR) is 36.8 cm³/mol. The van der Waals surface area contributed by atoms with E-state index in [1.54, 1.807) is 0 Å². The molecular formula is C6F10N2O3. The van der Waals surface area contributed by atoms with Crippen molar-refractivity contribution in [3.63, 3.8) is 0 Å². The second kappa shape index (κ2) is 4.35. The minimum atomic E-state index is -6.56. The van der Waals surface area contributed by atoms with Crippen molar-refractivity contribution < 1.29 is 58.2 Å². The average Bonchev–Trinajstić information content (AvgIpc) is 2.22. The summed E-state index contributed by atoms with van der Waals surface area (Å²) in [5.41, 5.74) is 0. The molecule has 15 heteroatoms. The Bertz CT molecular complexity index is 426. The smallest absolute Gasteiger partial charge is 0.262 e. The molecule has 0 aromatic rings. The Labute approximate surface area is 106 Å². The number of carbonyl (C=O) groups excluding carboxylic acids is 2. The van der Waals surface area contributed by atoms with Crippen molar-refractivity contribution in [1.29, 1.82) is 0 Å². The molecule has 0 aromatic carbocycles. The molecule has 5 nitrogen and oxygen atoms in total. The average molecular weight is 338 g/mol. The third-order valence-electron chi connectivity index (χ3n) is 1.82. The lowest BCUT2D eigenvalue weighted by molar-refractivity contribution is -0.373. The highest BCUT2D eigenvalue weighted by Gasteiger charge is 2.71. The third kappa shape index (κ3) is 2.96. The molecule has 0 bridgehead atoms. The largest absolute Gasteiger partial charge is 0.506 e. The van der Waals surface area contributed by atoms with E-state index in [4.69, 9.17) is 0 Å². The van der Waals surface area contributed by atoms with Crippen LogP contribution in [0.3, 0.4) is 0 Å². The van der Waals surface area contributed by atoms with E-state index in [2.05, 4.69) is 4.74 Å². The monoisotopic (exact) mass is 338 g/mol. The fourth-order valence-corrected chi connectivity index (χ4v) is 1.13. The van der Waals surface area contributed by atoms with Gasteiger partial charge in [-0.15, -0.1) is 36.4 Å². The van der Waals surface area contributed by atoms with Crippen molar-refractivity contribution in [1.82, 2.24) is 10.0 Å². The number of hydrogen-bond donors (Lipinski definition) is 0. The van der Waals surface area contributed by atoms with Gasteiger partial charge in [-0.3, -0.25) is 9.59 Å². The summed E-state index contributed by atoms with van der Waals surface area (Å²) in [6, 6.07) is 0. The Morgan fingerprint density at radius 3 is 1.14 bits per heavy atom. The minimum absolute atomic E-state index is 2.21. The third-order valence-corrected chi connectivity index (χ3v) is 1.82. The van der Waals surface area contributed by atoms with Gasteiger partial charge in [0.25, 0.3) is 0 Å². The fraction of sp³-hybridized carbons (Fsp3) is 0.667. The number of carbonyl (C=O) groups is 2. The maximum atomic E-state index is 12.7. The standard InChI is InChI=1S/C6F10N2O3/c7-3(8)1(19)17(5(11,12)13)18(6(14,15)16)2(20)4(9,10)21-3. The van der Waals surface area contributed by atoms with Gasteiger partial charge in [0.15, 0.2) is 0 Å². The zero-order chi connectivity index (χ0) is 17.0. The maximum absolute atomic E-state index is 12.7. The van der Waals surface area contributed by atoms with Crippen LogP contribution in [-0.2, 0) is 14.3 Å². The minimum Gasteiger partial charge on any atom is -0.262 e. The number of amides is 2. The van der Waals surface area contributed by atoms with Gasteiger partial charge in [-0.1, -0.05) is 0 Å². The second-order valence-electron chi connectivity index (χ2n) is 3.31. The number of rotatable bonds is 0. The van der Waals surface area contributed by atoms with Crippen molar-refractivity contribution in [3.8, 4) is 0 Å². The van der Waals surface area contributed by atoms with Gasteiger partial charge < -0.3 is 0 Å². The quantitative estimate of drug-likeness (QED) is 0.500. The Kier molecular flexibility index (Phi) is 3.57. The van der Waals surface area contributed by atoms with Crippen LogP contribution in [0.1, 0.15) is 0 Å². The normalized spacial score (nSPS) is 23.3. The highest BCUT2D eigenvalue weighted by molar-refractivity contribution is 5.90. The van der Waals surface area contributed by atoms with Crippen LogP contribution in [0.5, 0.6) is 0 Å². The van der Waals surface area contributed by atoms with Crippen LogP contribution in [0.2, 0.25) is 0 Å². The van der Waals surface area contributed by atoms with E-state index in [9.17, 15) is 53.5 Å². The lowest BCUT2D eigenvalue weighted by atomic mass is 10.5. The number of hydrazine groups is 1. The molecule has 2 amide bonds. The summed E-state index contributed by atoms with van der Waals surface area (Å²) in [4.78, 5) is 21.4. The second-order valence-corrected chi connectivity index (χ2v) is 3.31. The van der Waals surface area contributed by atoms with Crippen LogP contribution in [0.15, 0.2) is 0 Å². The van der Waals surface area contributed by atoms with Gasteiger partial charge in [-0.2, -0.15) is 17.6 Å². The summed E-state index contributed by atoms with van der Waals surface area (Å²) in [6.07, 6.45) is -25.2. The molecule has 1 saturated heterocycles. The van der Waals surface area contributed by atoms with Crippen LogP contribution < -0.4 is 0 Å². The van der Waals surface area contributed by atoms with Gasteiger partial charge in [-0.25, -0.2) is 4.74 Å². The zero-order valence-electron chi connectivity index (χ0n) is 8.90. The Morgan fingerprint density at radius 1 is 0.714 bits per heavy atom. The predicted octanol–water partition coefficient (Wildman–Crippen LogP) is 1.81. The molecule has 1 aliphatic rings. The van der Waals surface area contributed by atoms with Crippen LogP contribution in [-0.4, -0.2) is 46.6 Å². The number of hydrogen-bond acceptors (Lipinski definition) is 3. The first-order valence-corrected chi connectivity index (χ1v) is 4.30. The van der Waals surface area contributed by atoms with Gasteiger partial charge in [0.1, 0.15) is 0 Å². The number of ether oxygens (including phenoxy) is 1. The van der Waals surface area contributed by atoms with E-state index in [1.807, 2.05) is 0 Å². The van der Waals surface area contributed by atoms with Gasteiger partial charge in [0, 0.05) is 0 Å². The molecular weight excluding hydrogens is 338 g/mol. The molecule has 1 rings (SSSR count). The first kappa shape index (κ1) is 17.3. The number of alkyl halides is 10. The lowest BCUT2D eigenvalue weighted by Crippen LogP contribution is -2.63. The van der Waals surface area contributed by atoms with Crippen LogP contribution in [0, 0.1) is 0 Å². The Balaban J connectivity index is 3.62. The number of halogens is 10. The molecule has 0 atom stereocenters. The molecule has 0 saturated carbocycles. The van der Waals surface area contributed by atoms with E-state index in [0.29, 0.717) is 0 Å². The number of nitrogens with zero attached hydrogens (tertiary/aromatic N) is 2. The molecule has 0 spiro atoms.